The fourth-order valence-corrected chi connectivity index (χ4v) is 4.94. The molecule has 0 bridgehead atoms. The zero-order valence-electron chi connectivity index (χ0n) is 15.2. The zero-order valence-corrected chi connectivity index (χ0v) is 15.2. The molecule has 7 heteroatoms. The Morgan fingerprint density at radius 2 is 1.60 bits per heavy atom. The molecular weight excluding hydrogens is 320 g/mol. The molecule has 25 heavy (non-hydrogen) atoms. The summed E-state index contributed by atoms with van der Waals surface area (Å²) in [6, 6.07) is 1.49. The summed E-state index contributed by atoms with van der Waals surface area (Å²) >= 11 is 0. The minimum absolute atomic E-state index is 0.191. The Morgan fingerprint density at radius 3 is 2.28 bits per heavy atom. The van der Waals surface area contributed by atoms with Crippen LogP contribution < -0.4 is 0 Å². The van der Waals surface area contributed by atoms with Crippen molar-refractivity contribution in [3.8, 4) is 0 Å². The molecule has 4 aliphatic rings. The van der Waals surface area contributed by atoms with Gasteiger partial charge in [0.2, 0.25) is 5.91 Å². The number of carbonyl (C=O) groups is 2. The average Bonchev–Trinajstić information content (AvgIpc) is 2.99. The van der Waals surface area contributed by atoms with Crippen LogP contribution in [0.5, 0.6) is 0 Å². The molecule has 0 aromatic heterocycles. The van der Waals surface area contributed by atoms with Crippen LogP contribution in [0.3, 0.4) is 0 Å². The standard InChI is InChI=1S/C18H30N4O3/c1-14(23)19-6-2-15(3-7-19)20-8-9-21-17(12-20)13-22(18(21)24)16-4-10-25-11-5-16/h15-17H,2-13H2,1H3/t17-/m1/s1. The third-order valence-electron chi connectivity index (χ3n) is 6.47. The second-order valence-corrected chi connectivity index (χ2v) is 7.86. The summed E-state index contributed by atoms with van der Waals surface area (Å²) in [5.41, 5.74) is 0. The maximum atomic E-state index is 12.8. The Hall–Kier alpha value is -1.34. The number of hydrogen-bond donors (Lipinski definition) is 0. The molecule has 0 aromatic rings. The van der Waals surface area contributed by atoms with E-state index >= 15 is 0 Å². The van der Waals surface area contributed by atoms with Crippen LogP contribution in [0.15, 0.2) is 0 Å². The summed E-state index contributed by atoms with van der Waals surface area (Å²) in [6.07, 6.45) is 4.06. The molecule has 3 amide bonds. The van der Waals surface area contributed by atoms with Gasteiger partial charge in [-0.2, -0.15) is 0 Å². The van der Waals surface area contributed by atoms with Gasteiger partial charge in [0.25, 0.3) is 0 Å². The van der Waals surface area contributed by atoms with Crippen molar-refractivity contribution in [1.29, 1.82) is 0 Å². The van der Waals surface area contributed by atoms with E-state index in [9.17, 15) is 9.59 Å². The number of likely N-dealkylation sites (tertiary alicyclic amines) is 1. The van der Waals surface area contributed by atoms with Crippen molar-refractivity contribution in [1.82, 2.24) is 19.6 Å². The normalized spacial score (nSPS) is 30.0. The lowest BCUT2D eigenvalue weighted by molar-refractivity contribution is -0.130. The Labute approximate surface area is 149 Å². The number of urea groups is 1. The van der Waals surface area contributed by atoms with Crippen LogP contribution in [0, 0.1) is 0 Å². The number of carbonyl (C=O) groups excluding carboxylic acids is 2. The molecule has 4 aliphatic heterocycles. The molecule has 7 nitrogen and oxygen atoms in total. The molecule has 0 saturated carbocycles. The van der Waals surface area contributed by atoms with Gasteiger partial charge in [0.05, 0.1) is 6.04 Å². The maximum Gasteiger partial charge on any atom is 0.320 e. The van der Waals surface area contributed by atoms with Gasteiger partial charge in [-0.15, -0.1) is 0 Å². The first-order valence-corrected chi connectivity index (χ1v) is 9.78. The van der Waals surface area contributed by atoms with Crippen LogP contribution in [0.1, 0.15) is 32.6 Å². The van der Waals surface area contributed by atoms with Gasteiger partial charge in [-0.3, -0.25) is 9.69 Å². The number of piperazine rings is 1. The molecule has 4 heterocycles. The topological polar surface area (TPSA) is 56.3 Å². The first-order valence-electron chi connectivity index (χ1n) is 9.78. The van der Waals surface area contributed by atoms with Crippen LogP contribution >= 0.6 is 0 Å². The van der Waals surface area contributed by atoms with Crippen LogP contribution in [-0.2, 0) is 9.53 Å². The predicted molar refractivity (Wildman–Crippen MR) is 93.3 cm³/mol. The average molecular weight is 350 g/mol. The number of amides is 3. The lowest BCUT2D eigenvalue weighted by Crippen LogP contribution is -2.57. The Bertz CT molecular complexity index is 514. The van der Waals surface area contributed by atoms with Gasteiger partial charge in [-0.1, -0.05) is 0 Å². The van der Waals surface area contributed by atoms with Crippen molar-refractivity contribution in [2.24, 2.45) is 0 Å². The first kappa shape index (κ1) is 17.1. The lowest BCUT2D eigenvalue weighted by atomic mass is 10.0. The van der Waals surface area contributed by atoms with Gasteiger partial charge < -0.3 is 19.4 Å². The molecule has 0 unspecified atom stereocenters. The minimum atomic E-state index is 0.191. The third kappa shape index (κ3) is 3.36. The first-order chi connectivity index (χ1) is 12.1. The summed E-state index contributed by atoms with van der Waals surface area (Å²) in [7, 11) is 0. The van der Waals surface area contributed by atoms with E-state index in [1.165, 1.54) is 0 Å². The Morgan fingerprint density at radius 1 is 0.880 bits per heavy atom. The van der Waals surface area contributed by atoms with E-state index in [-0.39, 0.29) is 11.9 Å². The number of piperidine rings is 1. The fraction of sp³-hybridized carbons (Fsp3) is 0.889. The van der Waals surface area contributed by atoms with E-state index in [0.717, 1.165) is 78.2 Å². The van der Waals surface area contributed by atoms with Crippen molar-refractivity contribution in [3.63, 3.8) is 0 Å². The predicted octanol–water partition coefficient (Wildman–Crippen LogP) is 0.598. The highest BCUT2D eigenvalue weighted by Crippen LogP contribution is 2.28. The van der Waals surface area contributed by atoms with Crippen molar-refractivity contribution < 1.29 is 14.3 Å². The fourth-order valence-electron chi connectivity index (χ4n) is 4.94. The van der Waals surface area contributed by atoms with Gasteiger partial charge in [-0.25, -0.2) is 4.79 Å². The monoisotopic (exact) mass is 350 g/mol. The summed E-state index contributed by atoms with van der Waals surface area (Å²) in [5, 5.41) is 0. The maximum absolute atomic E-state index is 12.8. The molecule has 4 rings (SSSR count). The van der Waals surface area contributed by atoms with Gasteiger partial charge in [0.15, 0.2) is 0 Å². The summed E-state index contributed by atoms with van der Waals surface area (Å²) in [6.45, 7) is 8.62. The summed E-state index contributed by atoms with van der Waals surface area (Å²) < 4.78 is 5.45. The summed E-state index contributed by atoms with van der Waals surface area (Å²) in [5.74, 6) is 0.191. The number of nitrogens with zero attached hydrogens (tertiary/aromatic N) is 4. The van der Waals surface area contributed by atoms with Gasteiger partial charge in [-0.05, 0) is 25.7 Å². The Balaban J connectivity index is 1.34. The van der Waals surface area contributed by atoms with Crippen molar-refractivity contribution in [2.45, 2.75) is 50.7 Å². The van der Waals surface area contributed by atoms with E-state index < -0.39 is 0 Å². The van der Waals surface area contributed by atoms with Crippen LogP contribution in [0.4, 0.5) is 4.79 Å². The second-order valence-electron chi connectivity index (χ2n) is 7.86. The summed E-state index contributed by atoms with van der Waals surface area (Å²) in [4.78, 5) is 33.0. The highest BCUT2D eigenvalue weighted by atomic mass is 16.5. The van der Waals surface area contributed by atoms with E-state index in [2.05, 4.69) is 14.7 Å². The SMILES string of the molecule is CC(=O)N1CCC(N2CCN3C(=O)N(C4CCOCC4)C[C@H]3C2)CC1. The number of rotatable bonds is 2. The molecule has 0 N–H and O–H groups in total. The molecule has 140 valence electrons. The smallest absolute Gasteiger partial charge is 0.320 e. The highest BCUT2D eigenvalue weighted by Gasteiger charge is 2.44. The molecular formula is C18H30N4O3. The zero-order chi connectivity index (χ0) is 17.4. The van der Waals surface area contributed by atoms with Crippen molar-refractivity contribution in [3.05, 3.63) is 0 Å². The minimum Gasteiger partial charge on any atom is -0.381 e. The third-order valence-corrected chi connectivity index (χ3v) is 6.47. The number of ether oxygens (including phenoxy) is 1. The lowest BCUT2D eigenvalue weighted by Gasteiger charge is -2.43. The van der Waals surface area contributed by atoms with Crippen LogP contribution in [-0.4, -0.2) is 102 Å². The van der Waals surface area contributed by atoms with Gasteiger partial charge in [0.1, 0.15) is 0 Å². The van der Waals surface area contributed by atoms with Crippen LogP contribution in [0.2, 0.25) is 0 Å². The second kappa shape index (κ2) is 7.11. The van der Waals surface area contributed by atoms with E-state index in [4.69, 9.17) is 4.74 Å². The molecule has 0 spiro atoms. The number of hydrogen-bond acceptors (Lipinski definition) is 4. The largest absolute Gasteiger partial charge is 0.381 e. The van der Waals surface area contributed by atoms with Gasteiger partial charge >= 0.3 is 6.03 Å². The number of fused-ring (bicyclic) bond motifs is 1. The molecule has 0 aliphatic carbocycles. The molecule has 4 fully saturated rings. The van der Waals surface area contributed by atoms with Crippen LogP contribution in [0.25, 0.3) is 0 Å². The van der Waals surface area contributed by atoms with E-state index in [1.54, 1.807) is 6.92 Å². The van der Waals surface area contributed by atoms with Gasteiger partial charge in [0, 0.05) is 71.5 Å². The quantitative estimate of drug-likeness (QED) is 0.732. The Kier molecular flexibility index (Phi) is 4.86. The van der Waals surface area contributed by atoms with E-state index in [0.29, 0.717) is 18.1 Å². The molecule has 0 radical (unpaired) electrons. The molecule has 1 atom stereocenters. The van der Waals surface area contributed by atoms with Crippen molar-refractivity contribution in [2.75, 3.05) is 52.5 Å². The molecule has 0 aromatic carbocycles. The molecule has 4 saturated heterocycles. The van der Waals surface area contributed by atoms with E-state index in [1.807, 2.05) is 4.90 Å². The highest BCUT2D eigenvalue weighted by molar-refractivity contribution is 5.78. The van der Waals surface area contributed by atoms with Crippen molar-refractivity contribution >= 4 is 11.9 Å².